The number of nitrogens with two attached hydrogens (primary N) is 1. The van der Waals surface area contributed by atoms with Gasteiger partial charge in [-0.3, -0.25) is 4.79 Å². The van der Waals surface area contributed by atoms with Crippen molar-refractivity contribution in [3.05, 3.63) is 29.6 Å². The first-order valence-corrected chi connectivity index (χ1v) is 6.78. The van der Waals surface area contributed by atoms with Crippen LogP contribution in [0.1, 0.15) is 30.6 Å². The van der Waals surface area contributed by atoms with Gasteiger partial charge in [-0.15, -0.1) is 0 Å². The summed E-state index contributed by atoms with van der Waals surface area (Å²) in [6.07, 6.45) is 0.393. The van der Waals surface area contributed by atoms with Crippen LogP contribution in [-0.2, 0) is 0 Å². The quantitative estimate of drug-likeness (QED) is 0.791. The van der Waals surface area contributed by atoms with Crippen LogP contribution in [0.4, 0.5) is 4.39 Å². The van der Waals surface area contributed by atoms with Crippen LogP contribution in [0.2, 0.25) is 0 Å². The Morgan fingerprint density at radius 1 is 1.50 bits per heavy atom. The molecule has 6 heteroatoms. The van der Waals surface area contributed by atoms with Crippen LogP contribution >= 0.6 is 12.2 Å². The summed E-state index contributed by atoms with van der Waals surface area (Å²) < 4.78 is 13.2. The number of halogens is 1. The predicted octanol–water partition coefficient (Wildman–Crippen LogP) is 2.31. The molecule has 0 atom stereocenters. The number of phenolic OH excluding ortho intramolecular Hbond substituents is 1. The molecule has 0 aliphatic carbocycles. The minimum atomic E-state index is -0.565. The molecule has 0 radical (unpaired) electrons. The highest BCUT2D eigenvalue weighted by atomic mass is 32.1. The van der Waals surface area contributed by atoms with Crippen LogP contribution in [-0.4, -0.2) is 34.0 Å². The number of amides is 1. The van der Waals surface area contributed by atoms with E-state index in [0.29, 0.717) is 24.5 Å². The molecule has 1 rings (SSSR count). The SMILES string of the molecule is CC(C)CN(CCC(N)=S)C(=O)c1cc(F)ccc1O. The van der Waals surface area contributed by atoms with E-state index in [1.807, 2.05) is 13.8 Å². The average Bonchev–Trinajstić information content (AvgIpc) is 2.36. The summed E-state index contributed by atoms with van der Waals surface area (Å²) in [4.78, 5) is 14.2. The molecule has 0 unspecified atom stereocenters. The van der Waals surface area contributed by atoms with Gasteiger partial charge in [0.1, 0.15) is 11.6 Å². The van der Waals surface area contributed by atoms with E-state index in [-0.39, 0.29) is 17.2 Å². The summed E-state index contributed by atoms with van der Waals surface area (Å²) in [6, 6.07) is 3.31. The molecule has 0 aliphatic heterocycles. The summed E-state index contributed by atoms with van der Waals surface area (Å²) in [6.45, 7) is 4.76. The fourth-order valence-corrected chi connectivity index (χ4v) is 1.90. The lowest BCUT2D eigenvalue weighted by Gasteiger charge is -2.25. The Bertz CT molecular complexity index is 506. The molecule has 0 bridgehead atoms. The second kappa shape index (κ2) is 7.19. The topological polar surface area (TPSA) is 66.6 Å². The first-order chi connectivity index (χ1) is 9.31. The third-order valence-corrected chi connectivity index (χ3v) is 2.89. The van der Waals surface area contributed by atoms with Gasteiger partial charge in [0.2, 0.25) is 0 Å². The van der Waals surface area contributed by atoms with Gasteiger partial charge < -0.3 is 15.7 Å². The highest BCUT2D eigenvalue weighted by Crippen LogP contribution is 2.20. The maximum absolute atomic E-state index is 13.2. The number of carbonyl (C=O) groups is 1. The molecule has 1 amide bonds. The van der Waals surface area contributed by atoms with E-state index < -0.39 is 11.7 Å². The van der Waals surface area contributed by atoms with E-state index in [1.165, 1.54) is 11.0 Å². The third kappa shape index (κ3) is 4.77. The van der Waals surface area contributed by atoms with Gasteiger partial charge in [0.15, 0.2) is 0 Å². The van der Waals surface area contributed by atoms with E-state index in [1.54, 1.807) is 0 Å². The zero-order valence-electron chi connectivity index (χ0n) is 11.6. The number of aromatic hydroxyl groups is 1. The average molecular weight is 298 g/mol. The molecule has 20 heavy (non-hydrogen) atoms. The van der Waals surface area contributed by atoms with E-state index >= 15 is 0 Å². The standard InChI is InChI=1S/C14H19FN2O2S/c1-9(2)8-17(6-5-13(16)20)14(19)11-7-10(15)3-4-12(11)18/h3-4,7,9,18H,5-6,8H2,1-2H3,(H2,16,20). The second-order valence-electron chi connectivity index (χ2n) is 5.02. The highest BCUT2D eigenvalue weighted by Gasteiger charge is 2.20. The Morgan fingerprint density at radius 3 is 2.70 bits per heavy atom. The molecule has 3 N–H and O–H groups in total. The lowest BCUT2D eigenvalue weighted by atomic mass is 10.1. The van der Waals surface area contributed by atoms with Gasteiger partial charge in [0.05, 0.1) is 10.6 Å². The zero-order valence-corrected chi connectivity index (χ0v) is 12.4. The van der Waals surface area contributed by atoms with Gasteiger partial charge in [-0.2, -0.15) is 0 Å². The molecular weight excluding hydrogens is 279 g/mol. The van der Waals surface area contributed by atoms with Crippen LogP contribution in [0.25, 0.3) is 0 Å². The molecule has 1 aromatic rings. The second-order valence-corrected chi connectivity index (χ2v) is 5.55. The molecular formula is C14H19FN2O2S. The number of rotatable bonds is 6. The summed E-state index contributed by atoms with van der Waals surface area (Å²) in [5.41, 5.74) is 5.40. The molecule has 110 valence electrons. The largest absolute Gasteiger partial charge is 0.507 e. The Kier molecular flexibility index (Phi) is 5.88. The first kappa shape index (κ1) is 16.4. The van der Waals surface area contributed by atoms with E-state index in [4.69, 9.17) is 18.0 Å². The first-order valence-electron chi connectivity index (χ1n) is 6.37. The molecule has 0 aliphatic rings. The number of carbonyl (C=O) groups excluding carboxylic acids is 1. The Labute approximate surface area is 123 Å². The zero-order chi connectivity index (χ0) is 15.3. The summed E-state index contributed by atoms with van der Waals surface area (Å²) in [5.74, 6) is -0.988. The third-order valence-electron chi connectivity index (χ3n) is 2.69. The number of phenols is 1. The van der Waals surface area contributed by atoms with Crippen molar-refractivity contribution < 1.29 is 14.3 Å². The van der Waals surface area contributed by atoms with Gasteiger partial charge in [-0.25, -0.2) is 4.39 Å². The Morgan fingerprint density at radius 2 is 2.15 bits per heavy atom. The van der Waals surface area contributed by atoms with Crippen LogP contribution in [0.15, 0.2) is 18.2 Å². The van der Waals surface area contributed by atoms with Crippen molar-refractivity contribution in [1.82, 2.24) is 4.90 Å². The molecule has 0 saturated carbocycles. The number of hydrogen-bond acceptors (Lipinski definition) is 3. The van der Waals surface area contributed by atoms with Crippen molar-refractivity contribution >= 4 is 23.1 Å². The Balaban J connectivity index is 2.96. The van der Waals surface area contributed by atoms with Gasteiger partial charge in [-0.1, -0.05) is 26.1 Å². The van der Waals surface area contributed by atoms with Crippen LogP contribution in [0.5, 0.6) is 5.75 Å². The lowest BCUT2D eigenvalue weighted by Crippen LogP contribution is -2.36. The predicted molar refractivity (Wildman–Crippen MR) is 80.2 cm³/mol. The molecule has 4 nitrogen and oxygen atoms in total. The molecule has 0 fully saturated rings. The monoisotopic (exact) mass is 298 g/mol. The van der Waals surface area contributed by atoms with Crippen molar-refractivity contribution in [2.75, 3.05) is 13.1 Å². The Hall–Kier alpha value is -1.69. The molecule has 0 saturated heterocycles. The molecule has 0 spiro atoms. The van der Waals surface area contributed by atoms with Gasteiger partial charge in [0.25, 0.3) is 5.91 Å². The fourth-order valence-electron chi connectivity index (χ4n) is 1.81. The summed E-state index contributed by atoms with van der Waals surface area (Å²) >= 11 is 4.81. The number of nitrogens with zero attached hydrogens (tertiary/aromatic N) is 1. The van der Waals surface area contributed by atoms with Crippen molar-refractivity contribution in [1.29, 1.82) is 0 Å². The maximum atomic E-state index is 13.2. The summed E-state index contributed by atoms with van der Waals surface area (Å²) in [7, 11) is 0. The van der Waals surface area contributed by atoms with Crippen LogP contribution in [0, 0.1) is 11.7 Å². The fraction of sp³-hybridized carbons (Fsp3) is 0.429. The normalized spacial score (nSPS) is 10.6. The number of hydrogen-bond donors (Lipinski definition) is 2. The minimum Gasteiger partial charge on any atom is -0.507 e. The van der Waals surface area contributed by atoms with Crippen molar-refractivity contribution in [2.24, 2.45) is 11.7 Å². The summed E-state index contributed by atoms with van der Waals surface area (Å²) in [5, 5.41) is 9.70. The van der Waals surface area contributed by atoms with Gasteiger partial charge in [0, 0.05) is 19.5 Å². The molecule has 0 aromatic heterocycles. The lowest BCUT2D eigenvalue weighted by molar-refractivity contribution is 0.0737. The van der Waals surface area contributed by atoms with Crippen molar-refractivity contribution in [2.45, 2.75) is 20.3 Å². The smallest absolute Gasteiger partial charge is 0.257 e. The molecule has 1 aromatic carbocycles. The number of benzene rings is 1. The van der Waals surface area contributed by atoms with Crippen LogP contribution < -0.4 is 5.73 Å². The van der Waals surface area contributed by atoms with E-state index in [0.717, 1.165) is 12.1 Å². The van der Waals surface area contributed by atoms with E-state index in [2.05, 4.69) is 0 Å². The highest BCUT2D eigenvalue weighted by molar-refractivity contribution is 7.80. The maximum Gasteiger partial charge on any atom is 0.257 e. The van der Waals surface area contributed by atoms with Gasteiger partial charge >= 0.3 is 0 Å². The minimum absolute atomic E-state index is 0.0476. The van der Waals surface area contributed by atoms with Crippen molar-refractivity contribution in [3.8, 4) is 5.75 Å². The van der Waals surface area contributed by atoms with E-state index in [9.17, 15) is 14.3 Å². The van der Waals surface area contributed by atoms with Crippen LogP contribution in [0.3, 0.4) is 0 Å². The van der Waals surface area contributed by atoms with Crippen molar-refractivity contribution in [3.63, 3.8) is 0 Å². The van der Waals surface area contributed by atoms with Gasteiger partial charge in [-0.05, 0) is 24.1 Å². The number of thiocarbonyl (C=S) groups is 1. The molecule has 0 heterocycles.